The first-order valence-electron chi connectivity index (χ1n) is 13.0. The summed E-state index contributed by atoms with van der Waals surface area (Å²) >= 11 is 41.6. The highest BCUT2D eigenvalue weighted by Crippen LogP contribution is 2.62. The summed E-state index contributed by atoms with van der Waals surface area (Å²) in [7, 11) is -6.56. The zero-order valence-electron chi connectivity index (χ0n) is 25.2. The normalized spacial score (nSPS) is 13.2. The van der Waals surface area contributed by atoms with Crippen LogP contribution in [0.2, 0.25) is 0 Å². The summed E-state index contributed by atoms with van der Waals surface area (Å²) in [5.74, 6) is -1.20. The van der Waals surface area contributed by atoms with E-state index in [4.69, 9.17) is 91.7 Å². The minimum atomic E-state index is -3.38. The number of aryl methyl sites for hydroxylation is 4. The molecule has 2 unspecified atom stereocenters. The number of nitrogens with zero attached hydrogens (tertiary/aromatic N) is 2. The molecule has 2 aromatic heterocycles. The van der Waals surface area contributed by atoms with Crippen LogP contribution in [-0.2, 0) is 0 Å². The zero-order valence-corrected chi connectivity index (χ0v) is 33.8. The van der Waals surface area contributed by atoms with Crippen molar-refractivity contribution in [3.05, 3.63) is 119 Å². The Morgan fingerprint density at radius 2 is 1.09 bits per heavy atom. The van der Waals surface area contributed by atoms with Crippen molar-refractivity contribution in [1.82, 2.24) is 4.98 Å². The molecule has 47 heavy (non-hydrogen) atoms. The highest BCUT2D eigenvalue weighted by atomic mass is 36.0. The summed E-state index contributed by atoms with van der Waals surface area (Å²) in [5.41, 5.74) is 5.19. The lowest BCUT2D eigenvalue weighted by atomic mass is 10.1. The summed E-state index contributed by atoms with van der Waals surface area (Å²) in [4.78, 5) is 4.00. The predicted molar refractivity (Wildman–Crippen MR) is 205 cm³/mol. The first kappa shape index (κ1) is 44.9. The molecule has 4 aromatic rings. The molecule has 0 bridgehead atoms. The monoisotopic (exact) mass is 865 g/mol. The number of halogens is 8. The third kappa shape index (κ3) is 14.9. The molecule has 0 aliphatic rings. The average Bonchev–Trinajstić information content (AvgIpc) is 2.99. The highest BCUT2D eigenvalue weighted by molar-refractivity contribution is 8.25. The van der Waals surface area contributed by atoms with E-state index in [9.17, 15) is 23.4 Å². The minimum absolute atomic E-state index is 0.0130. The number of aromatic nitrogens is 2. The lowest BCUT2D eigenvalue weighted by Crippen LogP contribution is -2.35. The Morgan fingerprint density at radius 1 is 0.660 bits per heavy atom. The summed E-state index contributed by atoms with van der Waals surface area (Å²) in [6.45, 7) is 7.61. The minimum Gasteiger partial charge on any atom is -0.292 e. The standard InChI is InChI=1S/C14H16ClNO3S.C14H16ClNO2S.CHCl3.Cl3P/c1-10-6-7-11(2)12(9-10)14(15)20(18,19)13-5-3-4-8-16(13)17;1-10-6-7-11(2)12(9-10)14(15)19(17,18)13-5-3-4-8-16-13;2-1(3)4;1-4(2)3/h3-9,14H,1-2H3,(H2-,17,18,19);3-9,14,17-18H,1-2H3;1H;/p+1. The fourth-order valence-corrected chi connectivity index (χ4v) is 7.52. The molecule has 262 valence electrons. The Hall–Kier alpha value is -0.170. The van der Waals surface area contributed by atoms with E-state index < -0.39 is 40.9 Å². The molecule has 0 spiro atoms. The first-order chi connectivity index (χ1) is 21.7. The number of benzene rings is 2. The second kappa shape index (κ2) is 21.3. The van der Waals surface area contributed by atoms with Gasteiger partial charge in [-0.05, 0) is 68.1 Å². The van der Waals surface area contributed by atoms with Crippen molar-refractivity contribution in [2.24, 2.45) is 0 Å². The molecule has 0 saturated heterocycles. The molecule has 0 aliphatic heterocycles. The number of pyridine rings is 2. The first-order valence-corrected chi connectivity index (χ1v) is 22.5. The fourth-order valence-electron chi connectivity index (χ4n) is 3.76. The Balaban J connectivity index is 0.000000383. The van der Waals surface area contributed by atoms with Gasteiger partial charge in [0.25, 0.3) is 0 Å². The van der Waals surface area contributed by atoms with Gasteiger partial charge in [0, 0.05) is 23.1 Å². The van der Waals surface area contributed by atoms with Crippen molar-refractivity contribution in [3.8, 4) is 0 Å². The zero-order chi connectivity index (χ0) is 36.1. The lowest BCUT2D eigenvalue weighted by molar-refractivity contribution is -0.933. The SMILES string of the molecule is Cc1ccc(C)c(C(Cl)S(O)(O)c2cccc[n+]2O)c1.Cc1ccc(C)c(C(Cl)S(O)(O)c2ccccn2)c1.ClC(Cl)Cl.ClP(Cl)Cl. The van der Waals surface area contributed by atoms with E-state index in [0.29, 0.717) is 10.3 Å². The third-order valence-corrected chi connectivity index (χ3v) is 11.4. The molecule has 5 N–H and O–H groups in total. The molecule has 2 aromatic carbocycles. The van der Waals surface area contributed by atoms with Gasteiger partial charge in [-0.1, -0.05) is 156 Å². The predicted octanol–water partition coefficient (Wildman–Crippen LogP) is 13.5. The van der Waals surface area contributed by atoms with Crippen molar-refractivity contribution in [1.29, 1.82) is 0 Å². The number of alkyl halides is 5. The fraction of sp³-hybridized carbons (Fsp3) is 0.241. The van der Waals surface area contributed by atoms with E-state index in [1.54, 1.807) is 30.3 Å². The van der Waals surface area contributed by atoms with Crippen LogP contribution in [0.1, 0.15) is 42.8 Å². The van der Waals surface area contributed by atoms with Crippen LogP contribution >= 0.6 is 119 Å². The molecule has 0 saturated carbocycles. The largest absolute Gasteiger partial charge is 0.346 e. The van der Waals surface area contributed by atoms with Crippen molar-refractivity contribution in [3.63, 3.8) is 0 Å². The summed E-state index contributed by atoms with van der Waals surface area (Å²) < 4.78 is 39.6. The van der Waals surface area contributed by atoms with Crippen LogP contribution in [0.4, 0.5) is 0 Å². The van der Waals surface area contributed by atoms with Gasteiger partial charge in [0.2, 0.25) is 6.20 Å². The van der Waals surface area contributed by atoms with Gasteiger partial charge >= 0.3 is 5.03 Å². The molecule has 4 rings (SSSR count). The third-order valence-electron chi connectivity index (χ3n) is 5.99. The molecule has 0 fully saturated rings. The Bertz CT molecular complexity index is 1530. The Labute approximate surface area is 319 Å². The van der Waals surface area contributed by atoms with Crippen molar-refractivity contribution >= 4 is 119 Å². The number of hydrogen-bond acceptors (Lipinski definition) is 6. The second-order valence-electron chi connectivity index (χ2n) is 9.53. The topological polar surface area (TPSA) is 118 Å². The molecule has 0 aliphatic carbocycles. The van der Waals surface area contributed by atoms with Crippen molar-refractivity contribution in [2.75, 3.05) is 0 Å². The van der Waals surface area contributed by atoms with Crippen LogP contribution < -0.4 is 4.73 Å². The average molecular weight is 869 g/mol. The maximum absolute atomic E-state index is 10.4. The summed E-state index contributed by atoms with van der Waals surface area (Å²) in [5, 5.41) is 9.93. The number of rotatable bonds is 6. The molecule has 18 heteroatoms. The van der Waals surface area contributed by atoms with Crippen LogP contribution in [0, 0.1) is 27.7 Å². The maximum Gasteiger partial charge on any atom is 0.346 e. The summed E-state index contributed by atoms with van der Waals surface area (Å²) in [6.07, 6.45) is 2.85. The number of hydrogen-bond donors (Lipinski definition) is 5. The summed E-state index contributed by atoms with van der Waals surface area (Å²) in [6, 6.07) is 21.1. The van der Waals surface area contributed by atoms with Gasteiger partial charge < -0.3 is 0 Å². The van der Waals surface area contributed by atoms with Gasteiger partial charge in [0.05, 0.1) is 0 Å². The van der Waals surface area contributed by atoms with Crippen LogP contribution in [0.15, 0.2) is 95.2 Å². The van der Waals surface area contributed by atoms with Gasteiger partial charge in [-0.3, -0.25) is 23.4 Å². The van der Waals surface area contributed by atoms with E-state index in [-0.39, 0.29) is 10.1 Å². The van der Waals surface area contributed by atoms with E-state index in [0.717, 1.165) is 27.8 Å². The second-order valence-corrected chi connectivity index (χ2v) is 22.0. The van der Waals surface area contributed by atoms with Gasteiger partial charge in [-0.15, -0.1) is 10.6 Å². The molecule has 0 amide bonds. The van der Waals surface area contributed by atoms with E-state index in [1.165, 1.54) is 18.5 Å². The van der Waals surface area contributed by atoms with Gasteiger partial charge in [0.15, 0.2) is 19.7 Å². The Kier molecular flexibility index (Phi) is 20.3. The van der Waals surface area contributed by atoms with Crippen LogP contribution in [-0.4, -0.2) is 32.7 Å². The van der Waals surface area contributed by atoms with Crippen LogP contribution in [0.25, 0.3) is 0 Å². The molecular formula is C29H34Cl8N2O5PS2+. The van der Waals surface area contributed by atoms with E-state index in [1.807, 2.05) is 64.1 Å². The van der Waals surface area contributed by atoms with E-state index >= 15 is 0 Å². The van der Waals surface area contributed by atoms with Gasteiger partial charge in [-0.25, -0.2) is 4.98 Å². The molecule has 7 nitrogen and oxygen atoms in total. The van der Waals surface area contributed by atoms with Gasteiger partial charge in [0.1, 0.15) is 5.03 Å². The maximum atomic E-state index is 10.4. The molecule has 2 atom stereocenters. The van der Waals surface area contributed by atoms with E-state index in [2.05, 4.69) is 4.98 Å². The Morgan fingerprint density at radius 3 is 1.49 bits per heavy atom. The lowest BCUT2D eigenvalue weighted by Gasteiger charge is -2.36. The molecule has 2 heterocycles. The quantitative estimate of drug-likeness (QED) is 0.0570. The van der Waals surface area contributed by atoms with Crippen molar-refractivity contribution < 1.29 is 28.1 Å². The van der Waals surface area contributed by atoms with Gasteiger partial charge in [-0.2, -0.15) is 0 Å². The highest BCUT2D eigenvalue weighted by Gasteiger charge is 2.36. The van der Waals surface area contributed by atoms with Crippen LogP contribution in [0.3, 0.4) is 0 Å². The smallest absolute Gasteiger partial charge is 0.292 e. The van der Waals surface area contributed by atoms with Crippen LogP contribution in [0.5, 0.6) is 0 Å². The van der Waals surface area contributed by atoms with Crippen molar-refractivity contribution in [2.45, 2.75) is 51.5 Å². The molecular weight excluding hydrogens is 835 g/mol. The molecule has 0 radical (unpaired) electrons.